The predicted octanol–water partition coefficient (Wildman–Crippen LogP) is 2.90. The zero-order chi connectivity index (χ0) is 18.4. The molecule has 5 heteroatoms. The second-order valence-electron chi connectivity index (χ2n) is 6.35. The van der Waals surface area contributed by atoms with Gasteiger partial charge in [-0.15, -0.1) is 0 Å². The Hall–Kier alpha value is -2.92. The SMILES string of the molecule is NC(=O)c1ccccc1NC(=O)CCN1CC=C(c2ccccc2)CC1. The molecule has 0 unspecified atom stereocenters. The van der Waals surface area contributed by atoms with Crippen LogP contribution in [0.5, 0.6) is 0 Å². The highest BCUT2D eigenvalue weighted by Gasteiger charge is 2.15. The predicted molar refractivity (Wildman–Crippen MR) is 104 cm³/mol. The molecule has 1 aliphatic rings. The van der Waals surface area contributed by atoms with Gasteiger partial charge in [0.15, 0.2) is 0 Å². The van der Waals surface area contributed by atoms with Crippen LogP contribution in [-0.2, 0) is 4.79 Å². The molecule has 0 radical (unpaired) electrons. The maximum Gasteiger partial charge on any atom is 0.250 e. The van der Waals surface area contributed by atoms with Crippen molar-refractivity contribution in [3.63, 3.8) is 0 Å². The Balaban J connectivity index is 1.50. The number of hydrogen-bond donors (Lipinski definition) is 2. The molecule has 1 aliphatic heterocycles. The van der Waals surface area contributed by atoms with E-state index in [-0.39, 0.29) is 5.91 Å². The van der Waals surface area contributed by atoms with E-state index in [9.17, 15) is 9.59 Å². The third-order valence-electron chi connectivity index (χ3n) is 4.56. The Kier molecular flexibility index (Phi) is 5.81. The van der Waals surface area contributed by atoms with E-state index < -0.39 is 5.91 Å². The van der Waals surface area contributed by atoms with E-state index in [0.717, 1.165) is 19.5 Å². The van der Waals surface area contributed by atoms with Crippen LogP contribution >= 0.6 is 0 Å². The van der Waals surface area contributed by atoms with Crippen molar-refractivity contribution in [3.05, 3.63) is 71.8 Å². The molecule has 134 valence electrons. The van der Waals surface area contributed by atoms with Crippen molar-refractivity contribution in [2.45, 2.75) is 12.8 Å². The minimum atomic E-state index is -0.546. The van der Waals surface area contributed by atoms with E-state index in [2.05, 4.69) is 40.6 Å². The molecule has 3 rings (SSSR count). The average Bonchev–Trinajstić information content (AvgIpc) is 2.68. The summed E-state index contributed by atoms with van der Waals surface area (Å²) in [5.41, 5.74) is 8.77. The van der Waals surface area contributed by atoms with Gasteiger partial charge in [0.2, 0.25) is 5.91 Å². The second-order valence-corrected chi connectivity index (χ2v) is 6.35. The standard InChI is InChI=1S/C21H23N3O2/c22-21(26)18-8-4-5-9-19(18)23-20(25)12-15-24-13-10-17(11-14-24)16-6-2-1-3-7-16/h1-10H,11-15H2,(H2,22,26)(H,23,25). The molecule has 3 N–H and O–H groups in total. The Morgan fingerprint density at radius 2 is 1.77 bits per heavy atom. The van der Waals surface area contributed by atoms with Crippen LogP contribution < -0.4 is 11.1 Å². The Morgan fingerprint density at radius 3 is 2.46 bits per heavy atom. The molecule has 0 fully saturated rings. The molecule has 2 aromatic carbocycles. The smallest absolute Gasteiger partial charge is 0.250 e. The summed E-state index contributed by atoms with van der Waals surface area (Å²) in [5.74, 6) is -0.660. The maximum absolute atomic E-state index is 12.2. The lowest BCUT2D eigenvalue weighted by Gasteiger charge is -2.26. The van der Waals surface area contributed by atoms with Gasteiger partial charge in [-0.25, -0.2) is 0 Å². The molecule has 1 heterocycles. The van der Waals surface area contributed by atoms with Crippen LogP contribution in [0.25, 0.3) is 5.57 Å². The molecule has 0 aromatic heterocycles. The summed E-state index contributed by atoms with van der Waals surface area (Å²) in [5, 5.41) is 2.78. The number of anilines is 1. The number of nitrogens with two attached hydrogens (primary N) is 1. The Labute approximate surface area is 153 Å². The zero-order valence-corrected chi connectivity index (χ0v) is 14.7. The molecule has 2 amide bonds. The molecule has 26 heavy (non-hydrogen) atoms. The van der Waals surface area contributed by atoms with Gasteiger partial charge in [-0.2, -0.15) is 0 Å². The Bertz CT molecular complexity index is 815. The first-order valence-corrected chi connectivity index (χ1v) is 8.79. The molecule has 0 spiro atoms. The molecule has 5 nitrogen and oxygen atoms in total. The van der Waals surface area contributed by atoms with Gasteiger partial charge >= 0.3 is 0 Å². The highest BCUT2D eigenvalue weighted by molar-refractivity contribution is 6.02. The lowest BCUT2D eigenvalue weighted by Crippen LogP contribution is -2.31. The van der Waals surface area contributed by atoms with Crippen LogP contribution in [0, 0.1) is 0 Å². The summed E-state index contributed by atoms with van der Waals surface area (Å²) < 4.78 is 0. The summed E-state index contributed by atoms with van der Waals surface area (Å²) in [6, 6.07) is 17.2. The summed E-state index contributed by atoms with van der Waals surface area (Å²) in [4.78, 5) is 25.9. The summed E-state index contributed by atoms with van der Waals surface area (Å²) >= 11 is 0. The van der Waals surface area contributed by atoms with Crippen LogP contribution in [0.2, 0.25) is 0 Å². The van der Waals surface area contributed by atoms with Gasteiger partial charge in [-0.05, 0) is 29.7 Å². The monoisotopic (exact) mass is 349 g/mol. The van der Waals surface area contributed by atoms with Crippen LogP contribution in [0.15, 0.2) is 60.7 Å². The molecular formula is C21H23N3O2. The van der Waals surface area contributed by atoms with E-state index >= 15 is 0 Å². The third kappa shape index (κ3) is 4.58. The van der Waals surface area contributed by atoms with E-state index in [0.29, 0.717) is 24.2 Å². The van der Waals surface area contributed by atoms with Crippen molar-refractivity contribution in [2.75, 3.05) is 25.0 Å². The molecule has 2 aromatic rings. The fourth-order valence-electron chi connectivity index (χ4n) is 3.11. The van der Waals surface area contributed by atoms with Gasteiger partial charge < -0.3 is 11.1 Å². The number of amides is 2. The van der Waals surface area contributed by atoms with Crippen molar-refractivity contribution in [1.82, 2.24) is 4.90 Å². The minimum absolute atomic E-state index is 0.114. The van der Waals surface area contributed by atoms with Gasteiger partial charge in [-0.1, -0.05) is 48.5 Å². The molecular weight excluding hydrogens is 326 g/mol. The number of hydrogen-bond acceptors (Lipinski definition) is 3. The highest BCUT2D eigenvalue weighted by atomic mass is 16.2. The summed E-state index contributed by atoms with van der Waals surface area (Å²) in [6.45, 7) is 2.46. The fraction of sp³-hybridized carbons (Fsp3) is 0.238. The molecule has 0 bridgehead atoms. The van der Waals surface area contributed by atoms with Crippen LogP contribution in [0.1, 0.15) is 28.8 Å². The van der Waals surface area contributed by atoms with Crippen molar-refractivity contribution >= 4 is 23.1 Å². The first-order valence-electron chi connectivity index (χ1n) is 8.79. The van der Waals surface area contributed by atoms with Crippen molar-refractivity contribution in [1.29, 1.82) is 0 Å². The van der Waals surface area contributed by atoms with Gasteiger partial charge in [0, 0.05) is 26.1 Å². The Morgan fingerprint density at radius 1 is 1.04 bits per heavy atom. The lowest BCUT2D eigenvalue weighted by molar-refractivity contribution is -0.116. The van der Waals surface area contributed by atoms with Gasteiger partial charge in [-0.3, -0.25) is 14.5 Å². The van der Waals surface area contributed by atoms with E-state index in [4.69, 9.17) is 5.73 Å². The number of nitrogens with one attached hydrogen (secondary N) is 1. The number of carbonyl (C=O) groups excluding carboxylic acids is 2. The second kappa shape index (κ2) is 8.45. The largest absolute Gasteiger partial charge is 0.366 e. The average molecular weight is 349 g/mol. The van der Waals surface area contributed by atoms with Crippen LogP contribution in [0.3, 0.4) is 0 Å². The topological polar surface area (TPSA) is 75.4 Å². The lowest BCUT2D eigenvalue weighted by atomic mass is 9.99. The van der Waals surface area contributed by atoms with E-state index in [1.807, 2.05) is 6.07 Å². The van der Waals surface area contributed by atoms with E-state index in [1.165, 1.54) is 11.1 Å². The molecule has 0 aliphatic carbocycles. The number of benzene rings is 2. The first-order chi connectivity index (χ1) is 12.6. The fourth-order valence-corrected chi connectivity index (χ4v) is 3.11. The zero-order valence-electron chi connectivity index (χ0n) is 14.7. The van der Waals surface area contributed by atoms with Crippen molar-refractivity contribution in [3.8, 4) is 0 Å². The number of carbonyl (C=O) groups is 2. The number of rotatable bonds is 6. The number of primary amides is 1. The van der Waals surface area contributed by atoms with Gasteiger partial charge in [0.25, 0.3) is 5.91 Å². The minimum Gasteiger partial charge on any atom is -0.366 e. The van der Waals surface area contributed by atoms with Crippen LogP contribution in [-0.4, -0.2) is 36.3 Å². The molecule has 0 saturated heterocycles. The molecule has 0 atom stereocenters. The van der Waals surface area contributed by atoms with Gasteiger partial charge in [0.05, 0.1) is 11.3 Å². The number of para-hydroxylation sites is 1. The normalized spacial score (nSPS) is 14.5. The van der Waals surface area contributed by atoms with Crippen LogP contribution in [0.4, 0.5) is 5.69 Å². The summed E-state index contributed by atoms with van der Waals surface area (Å²) in [7, 11) is 0. The van der Waals surface area contributed by atoms with Crippen molar-refractivity contribution in [2.24, 2.45) is 5.73 Å². The van der Waals surface area contributed by atoms with Gasteiger partial charge in [0.1, 0.15) is 0 Å². The molecule has 0 saturated carbocycles. The highest BCUT2D eigenvalue weighted by Crippen LogP contribution is 2.22. The van der Waals surface area contributed by atoms with Crippen molar-refractivity contribution < 1.29 is 9.59 Å². The number of nitrogens with zero attached hydrogens (tertiary/aromatic N) is 1. The maximum atomic E-state index is 12.2. The first kappa shape index (κ1) is 17.9. The summed E-state index contributed by atoms with van der Waals surface area (Å²) in [6.07, 6.45) is 3.59. The quantitative estimate of drug-likeness (QED) is 0.842. The van der Waals surface area contributed by atoms with E-state index in [1.54, 1.807) is 24.3 Å². The third-order valence-corrected chi connectivity index (χ3v) is 4.56.